The average Bonchev–Trinajstić information content (AvgIpc) is 2.90. The molecule has 0 aliphatic heterocycles. The van der Waals surface area contributed by atoms with E-state index in [9.17, 15) is 19.4 Å². The lowest BCUT2D eigenvalue weighted by Gasteiger charge is -2.29. The van der Waals surface area contributed by atoms with Gasteiger partial charge in [0.25, 0.3) is 7.82 Å². The van der Waals surface area contributed by atoms with Crippen molar-refractivity contribution in [3.05, 3.63) is 12.2 Å². The van der Waals surface area contributed by atoms with E-state index in [1.807, 2.05) is 27.2 Å². The molecule has 2 N–H and O–H groups in total. The number of rotatable bonds is 30. The van der Waals surface area contributed by atoms with Gasteiger partial charge in [0.1, 0.15) is 13.2 Å². The van der Waals surface area contributed by atoms with Crippen LogP contribution in [-0.2, 0) is 18.4 Å². The van der Waals surface area contributed by atoms with E-state index < -0.39 is 26.6 Å². The molecule has 0 aromatic heterocycles. The number of unbranched alkanes of at least 4 members (excludes halogenated alkanes) is 19. The lowest BCUT2D eigenvalue weighted by atomic mass is 10.0. The number of hydrogen-bond donors (Lipinski definition) is 2. The number of carbonyl (C=O) groups is 1. The number of nitrogens with zero attached hydrogens (tertiary/aromatic N) is 1. The maximum absolute atomic E-state index is 12.0. The second kappa shape index (κ2) is 26.6. The molecule has 0 radical (unpaired) electrons. The highest BCUT2D eigenvalue weighted by atomic mass is 31.2. The van der Waals surface area contributed by atoms with Gasteiger partial charge in [-0.05, 0) is 12.8 Å². The lowest BCUT2D eigenvalue weighted by molar-refractivity contribution is -0.870. The van der Waals surface area contributed by atoms with Crippen LogP contribution in [0.3, 0.4) is 0 Å². The number of carbonyl (C=O) groups excluding carboxylic acids is 1. The van der Waals surface area contributed by atoms with Crippen LogP contribution in [0.15, 0.2) is 12.2 Å². The summed E-state index contributed by atoms with van der Waals surface area (Å²) < 4.78 is 22.4. The third-order valence-electron chi connectivity index (χ3n) is 7.53. The first-order chi connectivity index (χ1) is 20.0. The number of aliphatic hydroxyl groups excluding tert-OH is 1. The fourth-order valence-electron chi connectivity index (χ4n) is 4.83. The van der Waals surface area contributed by atoms with Gasteiger partial charge in [-0.15, -0.1) is 0 Å². The molecule has 9 heteroatoms. The van der Waals surface area contributed by atoms with Crippen LogP contribution in [0.1, 0.15) is 142 Å². The van der Waals surface area contributed by atoms with Gasteiger partial charge in [0.2, 0.25) is 5.91 Å². The van der Waals surface area contributed by atoms with Crippen molar-refractivity contribution >= 4 is 13.7 Å². The van der Waals surface area contributed by atoms with Gasteiger partial charge in [0.05, 0.1) is 39.9 Å². The third-order valence-corrected chi connectivity index (χ3v) is 8.50. The van der Waals surface area contributed by atoms with Crippen LogP contribution < -0.4 is 10.2 Å². The summed E-state index contributed by atoms with van der Waals surface area (Å²) in [5, 5.41) is 13.0. The Hall–Kier alpha value is -0.760. The Morgan fingerprint density at radius 2 is 1.24 bits per heavy atom. The highest BCUT2D eigenvalue weighted by Gasteiger charge is 2.22. The van der Waals surface area contributed by atoms with Crippen molar-refractivity contribution in [3.8, 4) is 0 Å². The van der Waals surface area contributed by atoms with Gasteiger partial charge in [0.15, 0.2) is 0 Å². The van der Waals surface area contributed by atoms with E-state index in [0.29, 0.717) is 11.0 Å². The number of quaternary nitrogens is 1. The van der Waals surface area contributed by atoms with E-state index in [2.05, 4.69) is 12.2 Å². The molecular weight excluding hydrogens is 551 g/mol. The first kappa shape index (κ1) is 41.2. The number of aliphatic hydroxyl groups is 1. The Morgan fingerprint density at radius 1 is 0.810 bits per heavy atom. The topological polar surface area (TPSA) is 108 Å². The second-order valence-electron chi connectivity index (χ2n) is 13.0. The zero-order chi connectivity index (χ0) is 31.5. The van der Waals surface area contributed by atoms with Crippen molar-refractivity contribution in [2.45, 2.75) is 154 Å². The Labute approximate surface area is 259 Å². The van der Waals surface area contributed by atoms with Crippen molar-refractivity contribution in [1.82, 2.24) is 5.32 Å². The number of hydrogen-bond acceptors (Lipinski definition) is 6. The van der Waals surface area contributed by atoms with Crippen LogP contribution >= 0.6 is 7.82 Å². The summed E-state index contributed by atoms with van der Waals surface area (Å²) in [4.78, 5) is 23.6. The van der Waals surface area contributed by atoms with E-state index in [1.54, 1.807) is 6.08 Å². The fourth-order valence-corrected chi connectivity index (χ4v) is 5.56. The van der Waals surface area contributed by atoms with E-state index in [0.717, 1.165) is 19.3 Å². The highest BCUT2D eigenvalue weighted by Crippen LogP contribution is 2.38. The molecule has 0 rings (SSSR count). The van der Waals surface area contributed by atoms with Crippen LogP contribution in [0, 0.1) is 0 Å². The van der Waals surface area contributed by atoms with Gasteiger partial charge in [-0.3, -0.25) is 9.36 Å². The van der Waals surface area contributed by atoms with Crippen molar-refractivity contribution in [1.29, 1.82) is 0 Å². The van der Waals surface area contributed by atoms with Crippen LogP contribution in [0.25, 0.3) is 0 Å². The largest absolute Gasteiger partial charge is 0.756 e. The Morgan fingerprint density at radius 3 is 1.64 bits per heavy atom. The monoisotopic (exact) mass is 618 g/mol. The molecule has 0 fully saturated rings. The predicted molar refractivity (Wildman–Crippen MR) is 173 cm³/mol. The molecule has 1 amide bonds. The molecule has 0 aromatic rings. The Bertz CT molecular complexity index is 713. The van der Waals surface area contributed by atoms with E-state index in [4.69, 9.17) is 9.05 Å². The SMILES string of the molecule is CCCCCCCCCCCCCCCCCCCCC/C=C/C(O)C(COP(=O)([O-])OCC[N+](C)(C)C)NC(C)=O. The number of allylic oxidation sites excluding steroid dienone is 1. The molecule has 8 nitrogen and oxygen atoms in total. The predicted octanol–water partition coefficient (Wildman–Crippen LogP) is 7.44. The first-order valence-corrected chi connectivity index (χ1v) is 18.5. The van der Waals surface area contributed by atoms with Crippen molar-refractivity contribution in [3.63, 3.8) is 0 Å². The molecule has 3 atom stereocenters. The second-order valence-corrected chi connectivity index (χ2v) is 14.4. The highest BCUT2D eigenvalue weighted by molar-refractivity contribution is 7.45. The summed E-state index contributed by atoms with van der Waals surface area (Å²) in [7, 11) is 1.25. The molecule has 0 bridgehead atoms. The van der Waals surface area contributed by atoms with Crippen LogP contribution in [-0.4, -0.2) is 68.5 Å². The van der Waals surface area contributed by atoms with Crippen molar-refractivity contribution in [2.75, 3.05) is 40.9 Å². The Balaban J connectivity index is 3.82. The molecule has 250 valence electrons. The van der Waals surface area contributed by atoms with E-state index in [1.165, 1.54) is 116 Å². The lowest BCUT2D eigenvalue weighted by Crippen LogP contribution is -2.45. The summed E-state index contributed by atoms with van der Waals surface area (Å²) in [6, 6.07) is -0.881. The van der Waals surface area contributed by atoms with E-state index in [-0.39, 0.29) is 12.5 Å². The maximum atomic E-state index is 12.0. The van der Waals surface area contributed by atoms with Crippen molar-refractivity contribution < 1.29 is 32.9 Å². The molecule has 3 unspecified atom stereocenters. The molecular formula is C33H67N2O6P. The quantitative estimate of drug-likeness (QED) is 0.0375. The molecule has 0 saturated carbocycles. The first-order valence-electron chi connectivity index (χ1n) is 17.0. The number of phosphoric ester groups is 1. The summed E-state index contributed by atoms with van der Waals surface area (Å²) in [5.74, 6) is -0.374. The smallest absolute Gasteiger partial charge is 0.268 e. The van der Waals surface area contributed by atoms with Crippen LogP contribution in [0.4, 0.5) is 0 Å². The molecule has 0 heterocycles. The number of amides is 1. The van der Waals surface area contributed by atoms with Gasteiger partial charge in [-0.2, -0.15) is 0 Å². The normalized spacial score (nSPS) is 15.1. The molecule has 0 aromatic carbocycles. The summed E-state index contributed by atoms with van der Waals surface area (Å²) in [6.07, 6.45) is 28.9. The summed E-state index contributed by atoms with van der Waals surface area (Å²) in [5.41, 5.74) is 0. The van der Waals surface area contributed by atoms with E-state index >= 15 is 0 Å². The third kappa shape index (κ3) is 29.3. The standard InChI is InChI=1S/C33H67N2O6P/c1-6-7-8-9-10-11-12-13-14-15-16-17-18-19-20-21-22-23-24-25-26-27-33(37)32(34-31(2)36)30-41-42(38,39)40-29-28-35(3,4)5/h26-27,32-33,37H,6-25,28-30H2,1-5H3,(H-,34,36,38,39)/b27-26+. The minimum Gasteiger partial charge on any atom is -0.756 e. The maximum Gasteiger partial charge on any atom is 0.268 e. The zero-order valence-corrected chi connectivity index (χ0v) is 28.9. The van der Waals surface area contributed by atoms with Gasteiger partial charge in [0, 0.05) is 6.92 Å². The molecule has 42 heavy (non-hydrogen) atoms. The summed E-state index contributed by atoms with van der Waals surface area (Å²) >= 11 is 0. The van der Waals surface area contributed by atoms with Crippen LogP contribution in [0.5, 0.6) is 0 Å². The fraction of sp³-hybridized carbons (Fsp3) is 0.909. The average molecular weight is 619 g/mol. The number of phosphoric acid groups is 1. The van der Waals surface area contributed by atoms with Crippen LogP contribution in [0.2, 0.25) is 0 Å². The molecule has 0 saturated heterocycles. The molecule has 0 aliphatic carbocycles. The van der Waals surface area contributed by atoms with Gasteiger partial charge >= 0.3 is 0 Å². The zero-order valence-electron chi connectivity index (χ0n) is 28.0. The van der Waals surface area contributed by atoms with Gasteiger partial charge < -0.3 is 28.8 Å². The van der Waals surface area contributed by atoms with Gasteiger partial charge in [-0.1, -0.05) is 135 Å². The number of likely N-dealkylation sites (N-methyl/N-ethyl adjacent to an activating group) is 1. The minimum absolute atomic E-state index is 0.00300. The van der Waals surface area contributed by atoms with Gasteiger partial charge in [-0.25, -0.2) is 0 Å². The summed E-state index contributed by atoms with van der Waals surface area (Å²) in [6.45, 7) is 3.69. The Kier molecular flexibility index (Phi) is 26.1. The number of nitrogens with one attached hydrogen (secondary N) is 1. The van der Waals surface area contributed by atoms with Crippen molar-refractivity contribution in [2.24, 2.45) is 0 Å². The molecule has 0 spiro atoms. The minimum atomic E-state index is -4.53. The molecule has 0 aliphatic rings.